The molecule has 0 saturated heterocycles. The van der Waals surface area contributed by atoms with Gasteiger partial charge in [0.15, 0.2) is 0 Å². The van der Waals surface area contributed by atoms with Crippen molar-refractivity contribution in [3.63, 3.8) is 0 Å². The average Bonchev–Trinajstić information content (AvgIpc) is 1.55. The maximum atomic E-state index is 2.48. The van der Waals surface area contributed by atoms with Crippen molar-refractivity contribution >= 4 is 25.7 Å². The van der Waals surface area contributed by atoms with Gasteiger partial charge >= 0.3 is 0 Å². The largest absolute Gasteiger partial charge is 0.0698 e. The van der Waals surface area contributed by atoms with Crippen molar-refractivity contribution in [2.45, 2.75) is 50.6 Å². The van der Waals surface area contributed by atoms with Crippen molar-refractivity contribution in [1.29, 1.82) is 0 Å². The molecule has 0 aliphatic carbocycles. The van der Waals surface area contributed by atoms with Gasteiger partial charge in [0.2, 0.25) is 0 Å². The molecule has 0 N–H and O–H groups in total. The van der Waals surface area contributed by atoms with Crippen molar-refractivity contribution < 1.29 is 0 Å². The van der Waals surface area contributed by atoms with Crippen molar-refractivity contribution in [3.05, 3.63) is 0 Å². The Morgan fingerprint density at radius 1 is 0.727 bits per heavy atom. The van der Waals surface area contributed by atoms with Crippen molar-refractivity contribution in [2.75, 3.05) is 0 Å². The first-order valence-corrected chi connectivity index (χ1v) is 13.2. The molecule has 0 aromatic carbocycles. The molecule has 0 atom stereocenters. The van der Waals surface area contributed by atoms with Crippen LogP contribution in [0.4, 0.5) is 0 Å². The highest BCUT2D eigenvalue weighted by molar-refractivity contribution is 6.89. The Balaban J connectivity index is 3.44. The minimum Gasteiger partial charge on any atom is -0.0698 e. The van der Waals surface area contributed by atoms with Crippen LogP contribution in [-0.2, 0) is 0 Å². The Morgan fingerprint density at radius 3 is 1.18 bits per heavy atom. The molecule has 2 radical (unpaired) electrons. The van der Waals surface area contributed by atoms with Crippen molar-refractivity contribution in [1.82, 2.24) is 0 Å². The molecule has 66 valence electrons. The van der Waals surface area contributed by atoms with Gasteiger partial charge in [-0.2, -0.15) is 0 Å². The normalized spacial score (nSPS) is 13.6. The molecular weight excluding hydrogens is 180 g/mol. The molecule has 0 aromatic rings. The zero-order chi connectivity index (χ0) is 9.12. The first kappa shape index (κ1) is 11.7. The lowest BCUT2D eigenvalue weighted by Crippen LogP contribution is -2.28. The predicted molar refractivity (Wildman–Crippen MR) is 62.1 cm³/mol. The van der Waals surface area contributed by atoms with Gasteiger partial charge in [0.05, 0.1) is 0 Å². The molecule has 0 heterocycles. The lowest BCUT2D eigenvalue weighted by Gasteiger charge is -2.19. The lowest BCUT2D eigenvalue weighted by atomic mass is 11.7. The van der Waals surface area contributed by atoms with Crippen LogP contribution in [0.5, 0.6) is 0 Å². The van der Waals surface area contributed by atoms with Crippen LogP contribution >= 0.6 is 0 Å². The van der Waals surface area contributed by atoms with Gasteiger partial charge in [0.1, 0.15) is 0 Å². The molecule has 0 aliphatic rings. The summed E-state index contributed by atoms with van der Waals surface area (Å²) in [6.07, 6.45) is 0. The van der Waals surface area contributed by atoms with E-state index in [1.54, 1.807) is 11.3 Å². The van der Waals surface area contributed by atoms with Crippen molar-refractivity contribution in [3.8, 4) is 0 Å². The van der Waals surface area contributed by atoms with Gasteiger partial charge in [-0.25, -0.2) is 0 Å². The molecule has 11 heavy (non-hydrogen) atoms. The molecule has 0 rings (SSSR count). The van der Waals surface area contributed by atoms with Crippen LogP contribution in [0.1, 0.15) is 0 Å². The van der Waals surface area contributed by atoms with Crippen LogP contribution in [0, 0.1) is 0 Å². The summed E-state index contributed by atoms with van der Waals surface area (Å²) < 4.78 is 0. The quantitative estimate of drug-likeness (QED) is 0.614. The molecule has 0 spiro atoms. The lowest BCUT2D eigenvalue weighted by molar-refractivity contribution is 1.57. The molecule has 0 aliphatic heterocycles. The van der Waals surface area contributed by atoms with E-state index in [-0.39, 0.29) is 0 Å². The van der Waals surface area contributed by atoms with E-state index in [0.717, 1.165) is 0 Å². The third-order valence-corrected chi connectivity index (χ3v) is 11.8. The van der Waals surface area contributed by atoms with E-state index in [2.05, 4.69) is 39.3 Å². The maximum absolute atomic E-state index is 2.48. The minimum absolute atomic E-state index is 0.722. The SMILES string of the molecule is C[Si](C)(C)C[Si]C[Si](C)(C)C. The van der Waals surface area contributed by atoms with E-state index in [9.17, 15) is 0 Å². The molecule has 0 amide bonds. The Labute approximate surface area is 76.6 Å². The number of hydrogen-bond acceptors (Lipinski definition) is 0. The second-order valence-corrected chi connectivity index (χ2v) is 19.3. The summed E-state index contributed by atoms with van der Waals surface area (Å²) in [4.78, 5) is 0. The van der Waals surface area contributed by atoms with E-state index >= 15 is 0 Å². The van der Waals surface area contributed by atoms with Crippen LogP contribution in [-0.4, -0.2) is 25.7 Å². The van der Waals surface area contributed by atoms with Crippen LogP contribution in [0.3, 0.4) is 0 Å². The monoisotopic (exact) mass is 202 g/mol. The molecule has 3 heteroatoms. The van der Waals surface area contributed by atoms with Gasteiger partial charge in [0, 0.05) is 25.7 Å². The summed E-state index contributed by atoms with van der Waals surface area (Å²) in [6.45, 7) is 14.9. The molecule has 0 aromatic heterocycles. The fraction of sp³-hybridized carbons (Fsp3) is 1.00. The standard InChI is InChI=1S/C8H22Si3/c1-10(2,3)7-9-8-11(4,5)6/h7-8H2,1-6H3. The highest BCUT2D eigenvalue weighted by Crippen LogP contribution is 2.12. The fourth-order valence-corrected chi connectivity index (χ4v) is 8.44. The zero-order valence-electron chi connectivity index (χ0n) is 8.91. The third kappa shape index (κ3) is 10.7. The van der Waals surface area contributed by atoms with Crippen molar-refractivity contribution in [2.24, 2.45) is 0 Å². The first-order chi connectivity index (χ1) is 4.71. The predicted octanol–water partition coefficient (Wildman–Crippen LogP) is 3.28. The molecule has 0 bridgehead atoms. The smallest absolute Gasteiger partial charge is 0.0412 e. The Morgan fingerprint density at radius 2 is 1.00 bits per heavy atom. The topological polar surface area (TPSA) is 0 Å². The van der Waals surface area contributed by atoms with Gasteiger partial charge in [-0.15, -0.1) is 0 Å². The summed E-state index contributed by atoms with van der Waals surface area (Å²) in [6, 6.07) is 0. The highest BCUT2D eigenvalue weighted by atomic mass is 28.4. The van der Waals surface area contributed by atoms with Gasteiger partial charge in [-0.3, -0.25) is 0 Å². The molecule has 0 fully saturated rings. The summed E-state index contributed by atoms with van der Waals surface area (Å²) in [7, 11) is -0.186. The van der Waals surface area contributed by atoms with Gasteiger partial charge in [-0.1, -0.05) is 50.6 Å². The van der Waals surface area contributed by atoms with E-state index in [0.29, 0.717) is 0 Å². The molecule has 0 unspecified atom stereocenters. The number of rotatable bonds is 4. The summed E-state index contributed by atoms with van der Waals surface area (Å²) in [5.41, 5.74) is 3.11. The maximum Gasteiger partial charge on any atom is 0.0412 e. The fourth-order valence-electron chi connectivity index (χ4n) is 0.812. The summed E-state index contributed by atoms with van der Waals surface area (Å²) in [5.74, 6) is 0. The highest BCUT2D eigenvalue weighted by Gasteiger charge is 2.17. The first-order valence-electron chi connectivity index (χ1n) is 4.41. The minimum atomic E-state index is -0.722. The average molecular weight is 203 g/mol. The molecule has 0 nitrogen and oxygen atoms in total. The van der Waals surface area contributed by atoms with E-state index in [1.807, 2.05) is 0 Å². The van der Waals surface area contributed by atoms with Crippen LogP contribution < -0.4 is 0 Å². The summed E-state index contributed by atoms with van der Waals surface area (Å²) >= 11 is 0. The summed E-state index contributed by atoms with van der Waals surface area (Å²) in [5, 5.41) is 0. The van der Waals surface area contributed by atoms with Gasteiger partial charge in [-0.05, 0) is 0 Å². The number of hydrogen-bond donors (Lipinski definition) is 0. The van der Waals surface area contributed by atoms with E-state index in [1.165, 1.54) is 9.52 Å². The van der Waals surface area contributed by atoms with Crippen LogP contribution in [0.2, 0.25) is 50.6 Å². The second kappa shape index (κ2) is 4.05. The van der Waals surface area contributed by atoms with E-state index < -0.39 is 16.1 Å². The Bertz CT molecular complexity index is 93.5. The van der Waals surface area contributed by atoms with Crippen LogP contribution in [0.25, 0.3) is 0 Å². The second-order valence-electron chi connectivity index (χ2n) is 5.72. The van der Waals surface area contributed by atoms with Crippen LogP contribution in [0.15, 0.2) is 0 Å². The molecular formula is C8H22Si3. The Hall–Kier alpha value is 0.651. The Kier molecular flexibility index (Phi) is 4.29. The third-order valence-electron chi connectivity index (χ3n) is 1.31. The zero-order valence-corrected chi connectivity index (χ0v) is 11.9. The van der Waals surface area contributed by atoms with Gasteiger partial charge < -0.3 is 0 Å². The molecule has 0 saturated carbocycles. The van der Waals surface area contributed by atoms with Gasteiger partial charge in [0.25, 0.3) is 0 Å². The van der Waals surface area contributed by atoms with E-state index in [4.69, 9.17) is 0 Å².